The van der Waals surface area contributed by atoms with Crippen LogP contribution in [-0.4, -0.2) is 60.3 Å². The first-order valence-corrected chi connectivity index (χ1v) is 11.1. The van der Waals surface area contributed by atoms with E-state index in [1.807, 2.05) is 12.1 Å². The molecule has 0 bridgehead atoms. The lowest BCUT2D eigenvalue weighted by molar-refractivity contribution is 0.0945. The average Bonchev–Trinajstić information content (AvgIpc) is 2.86. The molecule has 2 aromatic carbocycles. The molecule has 0 aliphatic carbocycles. The molecule has 1 fully saturated rings. The largest absolute Gasteiger partial charge is 0.395 e. The topological polar surface area (TPSA) is 114 Å². The summed E-state index contributed by atoms with van der Waals surface area (Å²) in [4.78, 5) is 23.5. The number of aromatic nitrogens is 2. The van der Waals surface area contributed by atoms with Gasteiger partial charge in [0, 0.05) is 44.1 Å². The number of rotatable bonds is 8. The van der Waals surface area contributed by atoms with Gasteiger partial charge in [0.2, 0.25) is 5.95 Å². The molecular formula is C23H26ClN7O2. The lowest BCUT2D eigenvalue weighted by Gasteiger charge is -2.29. The Morgan fingerprint density at radius 1 is 1.09 bits per heavy atom. The minimum Gasteiger partial charge on any atom is -0.395 e. The van der Waals surface area contributed by atoms with E-state index in [0.717, 1.165) is 31.9 Å². The molecule has 3 aromatic rings. The summed E-state index contributed by atoms with van der Waals surface area (Å²) in [5.41, 5.74) is 2.99. The summed E-state index contributed by atoms with van der Waals surface area (Å²) in [5, 5.41) is 21.6. The summed E-state index contributed by atoms with van der Waals surface area (Å²) in [6.45, 7) is 3.98. The highest BCUT2D eigenvalue weighted by atomic mass is 35.5. The van der Waals surface area contributed by atoms with Crippen LogP contribution in [0.25, 0.3) is 0 Å². The van der Waals surface area contributed by atoms with Gasteiger partial charge in [0.05, 0.1) is 24.1 Å². The summed E-state index contributed by atoms with van der Waals surface area (Å²) in [6, 6.07) is 15.1. The van der Waals surface area contributed by atoms with Gasteiger partial charge in [0.25, 0.3) is 5.91 Å². The molecule has 1 aliphatic heterocycles. The first-order valence-electron chi connectivity index (χ1n) is 10.7. The standard InChI is InChI=1S/C23H26ClN7O2/c24-19-15-27-23(28-16-5-7-17(8-6-16)31-12-9-25-10-13-31)30-21(19)29-20-4-2-1-3-18(20)22(33)26-11-14-32/h1-8,15,25,32H,9-14H2,(H,26,33)(H2,27,28,29,30). The normalized spacial score (nSPS) is 13.5. The number of piperazine rings is 1. The number of amides is 1. The number of para-hydroxylation sites is 1. The molecule has 0 radical (unpaired) electrons. The molecule has 0 unspecified atom stereocenters. The van der Waals surface area contributed by atoms with Gasteiger partial charge in [-0.15, -0.1) is 0 Å². The zero-order chi connectivity index (χ0) is 23.0. The highest BCUT2D eigenvalue weighted by molar-refractivity contribution is 6.33. The predicted octanol–water partition coefficient (Wildman–Crippen LogP) is 2.75. The van der Waals surface area contributed by atoms with E-state index in [0.29, 0.717) is 28.0 Å². The molecule has 5 N–H and O–H groups in total. The number of carbonyl (C=O) groups excluding carboxylic acids is 1. The Kier molecular flexibility index (Phi) is 7.56. The number of nitrogens with one attached hydrogen (secondary N) is 4. The fourth-order valence-electron chi connectivity index (χ4n) is 3.51. The molecule has 33 heavy (non-hydrogen) atoms. The SMILES string of the molecule is O=C(NCCO)c1ccccc1Nc1nc(Nc2ccc(N3CCNCC3)cc2)ncc1Cl. The summed E-state index contributed by atoms with van der Waals surface area (Å²) < 4.78 is 0. The predicted molar refractivity (Wildman–Crippen MR) is 131 cm³/mol. The molecule has 2 heterocycles. The molecule has 0 spiro atoms. The molecule has 4 rings (SSSR count). The van der Waals surface area contributed by atoms with E-state index in [-0.39, 0.29) is 19.1 Å². The van der Waals surface area contributed by atoms with Crippen LogP contribution in [0.4, 0.5) is 28.8 Å². The van der Waals surface area contributed by atoms with Crippen molar-refractivity contribution in [3.05, 3.63) is 65.3 Å². The maximum Gasteiger partial charge on any atom is 0.253 e. The second kappa shape index (κ2) is 11.0. The molecule has 10 heteroatoms. The average molecular weight is 468 g/mol. The molecular weight excluding hydrogens is 442 g/mol. The zero-order valence-corrected chi connectivity index (χ0v) is 18.8. The zero-order valence-electron chi connectivity index (χ0n) is 18.0. The Morgan fingerprint density at radius 2 is 1.85 bits per heavy atom. The second-order valence-electron chi connectivity index (χ2n) is 7.45. The van der Waals surface area contributed by atoms with Gasteiger partial charge in [-0.1, -0.05) is 23.7 Å². The minimum absolute atomic E-state index is 0.135. The first-order chi connectivity index (χ1) is 16.1. The van der Waals surface area contributed by atoms with Gasteiger partial charge in [-0.05, 0) is 36.4 Å². The van der Waals surface area contributed by atoms with E-state index in [2.05, 4.69) is 48.3 Å². The molecule has 1 aliphatic rings. The van der Waals surface area contributed by atoms with Crippen molar-refractivity contribution in [3.8, 4) is 0 Å². The van der Waals surface area contributed by atoms with Gasteiger partial charge >= 0.3 is 0 Å². The van der Waals surface area contributed by atoms with Crippen molar-refractivity contribution in [1.82, 2.24) is 20.6 Å². The van der Waals surface area contributed by atoms with E-state index in [4.69, 9.17) is 16.7 Å². The van der Waals surface area contributed by atoms with Crippen molar-refractivity contribution in [2.45, 2.75) is 0 Å². The van der Waals surface area contributed by atoms with Crippen molar-refractivity contribution in [2.75, 3.05) is 54.9 Å². The number of carbonyl (C=O) groups is 1. The summed E-state index contributed by atoms with van der Waals surface area (Å²) in [7, 11) is 0. The van der Waals surface area contributed by atoms with Gasteiger partial charge in [-0.25, -0.2) is 4.98 Å². The van der Waals surface area contributed by atoms with E-state index in [9.17, 15) is 4.79 Å². The van der Waals surface area contributed by atoms with Gasteiger partial charge in [-0.2, -0.15) is 4.98 Å². The summed E-state index contributed by atoms with van der Waals surface area (Å²) in [6.07, 6.45) is 1.50. The Morgan fingerprint density at radius 3 is 2.61 bits per heavy atom. The molecule has 0 atom stereocenters. The minimum atomic E-state index is -0.305. The second-order valence-corrected chi connectivity index (χ2v) is 7.86. The third kappa shape index (κ3) is 5.89. The van der Waals surface area contributed by atoms with Crippen LogP contribution in [0.5, 0.6) is 0 Å². The number of aliphatic hydroxyl groups excluding tert-OH is 1. The highest BCUT2D eigenvalue weighted by Crippen LogP contribution is 2.27. The van der Waals surface area contributed by atoms with Crippen molar-refractivity contribution in [3.63, 3.8) is 0 Å². The highest BCUT2D eigenvalue weighted by Gasteiger charge is 2.14. The van der Waals surface area contributed by atoms with Crippen molar-refractivity contribution >= 4 is 46.3 Å². The maximum atomic E-state index is 12.4. The number of hydrogen-bond acceptors (Lipinski definition) is 8. The number of halogens is 1. The van der Waals surface area contributed by atoms with Gasteiger partial charge in [0.15, 0.2) is 5.82 Å². The van der Waals surface area contributed by atoms with Crippen LogP contribution in [0, 0.1) is 0 Å². The smallest absolute Gasteiger partial charge is 0.253 e. The Labute approximate surface area is 197 Å². The quantitative estimate of drug-likeness (QED) is 0.343. The maximum absolute atomic E-state index is 12.4. The van der Waals surface area contributed by atoms with E-state index in [1.165, 1.54) is 11.9 Å². The van der Waals surface area contributed by atoms with E-state index in [1.54, 1.807) is 24.3 Å². The first kappa shape index (κ1) is 22.8. The van der Waals surface area contributed by atoms with Crippen LogP contribution in [0.1, 0.15) is 10.4 Å². The fraction of sp³-hybridized carbons (Fsp3) is 0.261. The van der Waals surface area contributed by atoms with Gasteiger partial charge in [-0.3, -0.25) is 4.79 Å². The molecule has 9 nitrogen and oxygen atoms in total. The molecule has 1 amide bonds. The molecule has 1 aromatic heterocycles. The third-order valence-electron chi connectivity index (χ3n) is 5.17. The lowest BCUT2D eigenvalue weighted by atomic mass is 10.1. The monoisotopic (exact) mass is 467 g/mol. The number of benzene rings is 2. The molecule has 1 saturated heterocycles. The van der Waals surface area contributed by atoms with Gasteiger partial charge in [0.1, 0.15) is 5.02 Å². The van der Waals surface area contributed by atoms with Crippen LogP contribution in [0.3, 0.4) is 0 Å². The van der Waals surface area contributed by atoms with Crippen LogP contribution < -0.4 is 26.2 Å². The summed E-state index contributed by atoms with van der Waals surface area (Å²) in [5.74, 6) is 0.438. The number of nitrogens with zero attached hydrogens (tertiary/aromatic N) is 3. The lowest BCUT2D eigenvalue weighted by Crippen LogP contribution is -2.43. The van der Waals surface area contributed by atoms with Crippen molar-refractivity contribution in [1.29, 1.82) is 0 Å². The van der Waals surface area contributed by atoms with Crippen LogP contribution in [0.2, 0.25) is 5.02 Å². The van der Waals surface area contributed by atoms with Crippen LogP contribution in [0.15, 0.2) is 54.7 Å². The summed E-state index contributed by atoms with van der Waals surface area (Å²) >= 11 is 6.31. The van der Waals surface area contributed by atoms with Crippen LogP contribution >= 0.6 is 11.6 Å². The van der Waals surface area contributed by atoms with E-state index < -0.39 is 0 Å². The molecule has 172 valence electrons. The fourth-order valence-corrected chi connectivity index (χ4v) is 3.64. The third-order valence-corrected chi connectivity index (χ3v) is 5.45. The Hall–Kier alpha value is -3.40. The van der Waals surface area contributed by atoms with E-state index >= 15 is 0 Å². The number of anilines is 5. The number of hydrogen-bond donors (Lipinski definition) is 5. The number of aliphatic hydroxyl groups is 1. The van der Waals surface area contributed by atoms with Crippen molar-refractivity contribution in [2.24, 2.45) is 0 Å². The Balaban J connectivity index is 1.48. The van der Waals surface area contributed by atoms with Gasteiger partial charge < -0.3 is 31.3 Å². The van der Waals surface area contributed by atoms with Crippen LogP contribution in [-0.2, 0) is 0 Å². The molecule has 0 saturated carbocycles. The van der Waals surface area contributed by atoms with Crippen molar-refractivity contribution < 1.29 is 9.90 Å². The Bertz CT molecular complexity index is 1090.